The first-order valence-corrected chi connectivity index (χ1v) is 9.58. The highest BCUT2D eigenvalue weighted by Crippen LogP contribution is 2.28. The number of benzene rings is 2. The molecule has 0 saturated heterocycles. The van der Waals surface area contributed by atoms with E-state index in [0.717, 1.165) is 0 Å². The Balaban J connectivity index is 2.54. The molecule has 29 heavy (non-hydrogen) atoms. The minimum Gasteiger partial charge on any atom is -0.457 e. The Morgan fingerprint density at radius 2 is 0.897 bits per heavy atom. The van der Waals surface area contributed by atoms with Crippen molar-refractivity contribution in [1.82, 2.24) is 0 Å². The average molecular weight is 394 g/mol. The molecule has 0 fully saturated rings. The Morgan fingerprint density at radius 3 is 1.17 bits per heavy atom. The van der Waals surface area contributed by atoms with Gasteiger partial charge in [0.05, 0.1) is 0 Å². The van der Waals surface area contributed by atoms with Gasteiger partial charge in [0.15, 0.2) is 23.1 Å². The number of ketones is 4. The summed E-state index contributed by atoms with van der Waals surface area (Å²) in [6, 6.07) is 9.33. The molecule has 5 heteroatoms. The molecule has 0 unspecified atom stereocenters. The number of ether oxygens (including phenoxy) is 1. The molecular weight excluding hydrogens is 368 g/mol. The molecule has 0 amide bonds. The summed E-state index contributed by atoms with van der Waals surface area (Å²) in [6.45, 7) is 9.96. The van der Waals surface area contributed by atoms with Crippen molar-refractivity contribution in [2.75, 3.05) is 0 Å². The van der Waals surface area contributed by atoms with Gasteiger partial charge in [-0.05, 0) is 50.2 Å². The van der Waals surface area contributed by atoms with E-state index in [1.165, 1.54) is 13.8 Å². The van der Waals surface area contributed by atoms with Crippen LogP contribution in [0, 0.1) is 11.8 Å². The quantitative estimate of drug-likeness (QED) is 0.548. The third kappa shape index (κ3) is 5.47. The average Bonchev–Trinajstić information content (AvgIpc) is 2.65. The fraction of sp³-hybridized carbons (Fsp3) is 0.333. The van der Waals surface area contributed by atoms with Crippen molar-refractivity contribution in [3.05, 3.63) is 58.7 Å². The van der Waals surface area contributed by atoms with Crippen molar-refractivity contribution in [1.29, 1.82) is 0 Å². The van der Waals surface area contributed by atoms with E-state index >= 15 is 0 Å². The number of Topliss-reactive ketones (excluding diaryl/α,β-unsaturated/α-hetero) is 4. The molecule has 0 aliphatic rings. The highest BCUT2D eigenvalue weighted by atomic mass is 16.5. The Labute approximate surface area is 171 Å². The van der Waals surface area contributed by atoms with Gasteiger partial charge in [0, 0.05) is 34.1 Å². The second-order valence-corrected chi connectivity index (χ2v) is 7.74. The van der Waals surface area contributed by atoms with Crippen molar-refractivity contribution in [2.24, 2.45) is 11.8 Å². The second kappa shape index (κ2) is 8.95. The van der Waals surface area contributed by atoms with Crippen molar-refractivity contribution in [3.63, 3.8) is 0 Å². The van der Waals surface area contributed by atoms with Gasteiger partial charge in [0.1, 0.15) is 11.5 Å². The highest BCUT2D eigenvalue weighted by molar-refractivity contribution is 6.03. The Hall–Kier alpha value is -3.08. The van der Waals surface area contributed by atoms with E-state index in [1.54, 1.807) is 64.1 Å². The molecule has 0 aliphatic carbocycles. The van der Waals surface area contributed by atoms with E-state index in [4.69, 9.17) is 4.74 Å². The summed E-state index contributed by atoms with van der Waals surface area (Å²) in [5, 5.41) is 0. The van der Waals surface area contributed by atoms with Gasteiger partial charge >= 0.3 is 0 Å². The van der Waals surface area contributed by atoms with E-state index in [9.17, 15) is 19.2 Å². The lowest BCUT2D eigenvalue weighted by molar-refractivity contribution is 0.0931. The molecule has 0 N–H and O–H groups in total. The standard InChI is InChI=1S/C24H26O5/c1-13(2)23(27)19-7-17(15(5)25)9-21(11-19)29-22-10-18(16(6)26)8-20(12-22)24(28)14(3)4/h7-14H,1-6H3. The molecule has 0 aromatic heterocycles. The zero-order valence-corrected chi connectivity index (χ0v) is 17.7. The van der Waals surface area contributed by atoms with Crippen molar-refractivity contribution >= 4 is 23.1 Å². The lowest BCUT2D eigenvalue weighted by Gasteiger charge is -2.13. The maximum atomic E-state index is 12.4. The predicted octanol–water partition coefficient (Wildman–Crippen LogP) is 5.56. The van der Waals surface area contributed by atoms with Crippen LogP contribution in [0.15, 0.2) is 36.4 Å². The van der Waals surface area contributed by atoms with Gasteiger partial charge in [0.2, 0.25) is 0 Å². The van der Waals surface area contributed by atoms with Crippen LogP contribution < -0.4 is 4.74 Å². The molecular formula is C24H26O5. The zero-order valence-electron chi connectivity index (χ0n) is 17.7. The van der Waals surface area contributed by atoms with E-state index in [2.05, 4.69) is 0 Å². The molecule has 5 nitrogen and oxygen atoms in total. The van der Waals surface area contributed by atoms with Gasteiger partial charge in [-0.2, -0.15) is 0 Å². The number of hydrogen-bond acceptors (Lipinski definition) is 5. The van der Waals surface area contributed by atoms with Gasteiger partial charge in [-0.15, -0.1) is 0 Å². The summed E-state index contributed by atoms with van der Waals surface area (Å²) in [5.41, 5.74) is 1.47. The summed E-state index contributed by atoms with van der Waals surface area (Å²) >= 11 is 0. The van der Waals surface area contributed by atoms with Crippen LogP contribution in [0.4, 0.5) is 0 Å². The first kappa shape index (κ1) is 22.2. The molecule has 0 aliphatic heterocycles. The van der Waals surface area contributed by atoms with Gasteiger partial charge < -0.3 is 4.74 Å². The maximum Gasteiger partial charge on any atom is 0.165 e. The molecule has 2 rings (SSSR count). The van der Waals surface area contributed by atoms with E-state index in [1.807, 2.05) is 0 Å². The summed E-state index contributed by atoms with van der Waals surface area (Å²) in [4.78, 5) is 48.7. The molecule has 0 radical (unpaired) electrons. The predicted molar refractivity (Wildman–Crippen MR) is 111 cm³/mol. The molecule has 2 aromatic rings. The lowest BCUT2D eigenvalue weighted by Crippen LogP contribution is -2.10. The number of carbonyl (C=O) groups is 4. The van der Waals surface area contributed by atoms with Crippen molar-refractivity contribution in [3.8, 4) is 11.5 Å². The molecule has 152 valence electrons. The Kier molecular flexibility index (Phi) is 6.85. The number of hydrogen-bond donors (Lipinski definition) is 0. The molecule has 0 heterocycles. The SMILES string of the molecule is CC(=O)c1cc(Oc2cc(C(C)=O)cc(C(=O)C(C)C)c2)cc(C(=O)C(C)C)c1. The summed E-state index contributed by atoms with van der Waals surface area (Å²) in [6.07, 6.45) is 0. The third-order valence-corrected chi connectivity index (χ3v) is 4.48. The van der Waals surface area contributed by atoms with Crippen molar-refractivity contribution < 1.29 is 23.9 Å². The minimum atomic E-state index is -0.235. The molecule has 0 bridgehead atoms. The van der Waals surface area contributed by atoms with Crippen LogP contribution >= 0.6 is 0 Å². The molecule has 0 atom stereocenters. The van der Waals surface area contributed by atoms with Crippen LogP contribution in [-0.2, 0) is 0 Å². The highest BCUT2D eigenvalue weighted by Gasteiger charge is 2.17. The minimum absolute atomic E-state index is 0.105. The summed E-state index contributed by atoms with van der Waals surface area (Å²) < 4.78 is 5.89. The van der Waals surface area contributed by atoms with Crippen molar-refractivity contribution in [2.45, 2.75) is 41.5 Å². The summed E-state index contributed by atoms with van der Waals surface area (Å²) in [7, 11) is 0. The van der Waals surface area contributed by atoms with Gasteiger partial charge in [-0.3, -0.25) is 19.2 Å². The first-order chi connectivity index (χ1) is 13.5. The van der Waals surface area contributed by atoms with Crippen LogP contribution in [0.5, 0.6) is 11.5 Å². The molecule has 2 aromatic carbocycles. The van der Waals surface area contributed by atoms with Gasteiger partial charge in [0.25, 0.3) is 0 Å². The fourth-order valence-corrected chi connectivity index (χ4v) is 2.81. The number of carbonyl (C=O) groups excluding carboxylic acids is 4. The van der Waals surface area contributed by atoms with Gasteiger partial charge in [-0.25, -0.2) is 0 Å². The van der Waals surface area contributed by atoms with Crippen LogP contribution in [0.25, 0.3) is 0 Å². The maximum absolute atomic E-state index is 12.4. The first-order valence-electron chi connectivity index (χ1n) is 9.58. The van der Waals surface area contributed by atoms with Crippen LogP contribution in [0.3, 0.4) is 0 Å². The largest absolute Gasteiger partial charge is 0.457 e. The Bertz CT molecular complexity index is 903. The van der Waals surface area contributed by atoms with Crippen LogP contribution in [0.2, 0.25) is 0 Å². The normalized spacial score (nSPS) is 10.9. The van der Waals surface area contributed by atoms with Crippen LogP contribution in [0.1, 0.15) is 83.0 Å². The number of rotatable bonds is 8. The third-order valence-electron chi connectivity index (χ3n) is 4.48. The summed E-state index contributed by atoms with van der Waals surface area (Å²) in [5.74, 6) is -0.474. The fourth-order valence-electron chi connectivity index (χ4n) is 2.81. The monoisotopic (exact) mass is 394 g/mol. The Morgan fingerprint density at radius 1 is 0.586 bits per heavy atom. The van der Waals surface area contributed by atoms with Gasteiger partial charge in [-0.1, -0.05) is 27.7 Å². The van der Waals surface area contributed by atoms with E-state index in [-0.39, 0.29) is 35.0 Å². The lowest BCUT2D eigenvalue weighted by atomic mass is 9.97. The van der Waals surface area contributed by atoms with E-state index < -0.39 is 0 Å². The topological polar surface area (TPSA) is 77.5 Å². The molecule has 0 spiro atoms. The smallest absolute Gasteiger partial charge is 0.165 e. The zero-order chi connectivity index (χ0) is 21.9. The second-order valence-electron chi connectivity index (χ2n) is 7.74. The van der Waals surface area contributed by atoms with Crippen LogP contribution in [-0.4, -0.2) is 23.1 Å². The molecule has 0 saturated carbocycles. The van der Waals surface area contributed by atoms with E-state index in [0.29, 0.717) is 33.8 Å².